The van der Waals surface area contributed by atoms with Gasteiger partial charge in [-0.2, -0.15) is 0 Å². The van der Waals surface area contributed by atoms with E-state index in [0.717, 1.165) is 36.1 Å². The maximum atomic E-state index is 6.60. The summed E-state index contributed by atoms with van der Waals surface area (Å²) >= 11 is 0. The van der Waals surface area contributed by atoms with E-state index >= 15 is 0 Å². The molecule has 2 N–H and O–H groups in total. The zero-order chi connectivity index (χ0) is 12.9. The largest absolute Gasteiger partial charge is 0.326 e. The summed E-state index contributed by atoms with van der Waals surface area (Å²) in [6, 6.07) is 1.03. The van der Waals surface area contributed by atoms with E-state index in [9.17, 15) is 0 Å². The van der Waals surface area contributed by atoms with Crippen LogP contribution in [0.5, 0.6) is 0 Å². The van der Waals surface area contributed by atoms with Gasteiger partial charge in [0.25, 0.3) is 0 Å². The fraction of sp³-hybridized carbons (Fsp3) is 1.00. The smallest absolute Gasteiger partial charge is 0.0201 e. The molecule has 4 aliphatic rings. The SMILES string of the molecule is CC(C)N(C)CC(N)C1C2CC3CC(C2)CC1C3. The van der Waals surface area contributed by atoms with Gasteiger partial charge in [-0.25, -0.2) is 0 Å². The molecule has 0 heterocycles. The van der Waals surface area contributed by atoms with E-state index in [1.807, 2.05) is 0 Å². The molecule has 0 saturated heterocycles. The fourth-order valence-corrected chi connectivity index (χ4v) is 5.33. The van der Waals surface area contributed by atoms with Crippen LogP contribution in [0.3, 0.4) is 0 Å². The van der Waals surface area contributed by atoms with Gasteiger partial charge in [-0.15, -0.1) is 0 Å². The van der Waals surface area contributed by atoms with Crippen LogP contribution in [0.1, 0.15) is 46.0 Å². The Morgan fingerprint density at radius 2 is 1.50 bits per heavy atom. The molecule has 0 spiro atoms. The van der Waals surface area contributed by atoms with Crippen molar-refractivity contribution in [2.75, 3.05) is 13.6 Å². The van der Waals surface area contributed by atoms with E-state index in [0.29, 0.717) is 12.1 Å². The van der Waals surface area contributed by atoms with Crippen LogP contribution in [-0.4, -0.2) is 30.6 Å². The van der Waals surface area contributed by atoms with E-state index in [1.54, 1.807) is 6.42 Å². The maximum Gasteiger partial charge on any atom is 0.0201 e. The van der Waals surface area contributed by atoms with E-state index in [4.69, 9.17) is 5.73 Å². The van der Waals surface area contributed by atoms with Crippen molar-refractivity contribution in [1.82, 2.24) is 4.90 Å². The van der Waals surface area contributed by atoms with Crippen molar-refractivity contribution in [3.05, 3.63) is 0 Å². The molecule has 1 unspecified atom stereocenters. The van der Waals surface area contributed by atoms with Gasteiger partial charge in [-0.3, -0.25) is 0 Å². The van der Waals surface area contributed by atoms with Crippen molar-refractivity contribution < 1.29 is 0 Å². The first-order valence-electron chi connectivity index (χ1n) is 8.00. The lowest BCUT2D eigenvalue weighted by molar-refractivity contribution is -0.0503. The highest BCUT2D eigenvalue weighted by atomic mass is 15.1. The molecule has 0 amide bonds. The molecule has 1 atom stereocenters. The average Bonchev–Trinajstić information content (AvgIpc) is 2.26. The third kappa shape index (κ3) is 2.22. The molecule has 4 rings (SSSR count). The van der Waals surface area contributed by atoms with Gasteiger partial charge >= 0.3 is 0 Å². The number of nitrogens with two attached hydrogens (primary N) is 1. The Hall–Kier alpha value is -0.0800. The summed E-state index contributed by atoms with van der Waals surface area (Å²) < 4.78 is 0. The zero-order valence-electron chi connectivity index (χ0n) is 12.3. The molecule has 4 fully saturated rings. The highest BCUT2D eigenvalue weighted by molar-refractivity contribution is 5.01. The molecule has 0 aliphatic heterocycles. The predicted molar refractivity (Wildman–Crippen MR) is 76.3 cm³/mol. The zero-order valence-corrected chi connectivity index (χ0v) is 12.3. The Bertz CT molecular complexity index is 271. The normalized spacial score (nSPS) is 44.0. The molecule has 18 heavy (non-hydrogen) atoms. The highest BCUT2D eigenvalue weighted by Crippen LogP contribution is 2.57. The Morgan fingerprint density at radius 3 is 1.94 bits per heavy atom. The number of hydrogen-bond donors (Lipinski definition) is 1. The van der Waals surface area contributed by atoms with Crippen LogP contribution in [0.2, 0.25) is 0 Å². The van der Waals surface area contributed by atoms with Gasteiger partial charge in [0.2, 0.25) is 0 Å². The van der Waals surface area contributed by atoms with Crippen LogP contribution in [0.25, 0.3) is 0 Å². The number of nitrogens with zero attached hydrogens (tertiary/aromatic N) is 1. The Balaban J connectivity index is 1.65. The van der Waals surface area contributed by atoms with Crippen molar-refractivity contribution in [2.24, 2.45) is 35.3 Å². The quantitative estimate of drug-likeness (QED) is 0.831. The first kappa shape index (κ1) is 12.9. The third-order valence-electron chi connectivity index (χ3n) is 6.17. The summed E-state index contributed by atoms with van der Waals surface area (Å²) in [5.74, 6) is 4.91. The summed E-state index contributed by atoms with van der Waals surface area (Å²) in [5, 5.41) is 0. The third-order valence-corrected chi connectivity index (χ3v) is 6.17. The van der Waals surface area contributed by atoms with Crippen LogP contribution in [0, 0.1) is 29.6 Å². The molecule has 0 aromatic heterocycles. The van der Waals surface area contributed by atoms with E-state index in [1.165, 1.54) is 25.7 Å². The van der Waals surface area contributed by atoms with Gasteiger partial charge < -0.3 is 10.6 Å². The molecule has 4 bridgehead atoms. The highest BCUT2D eigenvalue weighted by Gasteiger charge is 2.49. The van der Waals surface area contributed by atoms with Crippen LogP contribution < -0.4 is 5.73 Å². The fourth-order valence-electron chi connectivity index (χ4n) is 5.33. The van der Waals surface area contributed by atoms with Gasteiger partial charge in [0, 0.05) is 18.6 Å². The Labute approximate surface area is 112 Å². The maximum absolute atomic E-state index is 6.60. The topological polar surface area (TPSA) is 29.3 Å². The minimum absolute atomic E-state index is 0.410. The Morgan fingerprint density at radius 1 is 1.00 bits per heavy atom. The van der Waals surface area contributed by atoms with Crippen molar-refractivity contribution in [3.8, 4) is 0 Å². The van der Waals surface area contributed by atoms with Crippen molar-refractivity contribution in [2.45, 2.75) is 58.0 Å². The van der Waals surface area contributed by atoms with Crippen molar-refractivity contribution in [3.63, 3.8) is 0 Å². The second-order valence-electron chi connectivity index (χ2n) is 7.71. The van der Waals surface area contributed by atoms with Crippen molar-refractivity contribution >= 4 is 0 Å². The molecule has 104 valence electrons. The number of hydrogen-bond acceptors (Lipinski definition) is 2. The lowest BCUT2D eigenvalue weighted by Crippen LogP contribution is -2.54. The van der Waals surface area contributed by atoms with Gasteiger partial charge in [0.15, 0.2) is 0 Å². The minimum Gasteiger partial charge on any atom is -0.326 e. The molecule has 4 saturated carbocycles. The lowest BCUT2D eigenvalue weighted by Gasteiger charge is -2.56. The summed E-state index contributed by atoms with van der Waals surface area (Å²) in [5.41, 5.74) is 6.60. The van der Waals surface area contributed by atoms with Gasteiger partial charge in [0.05, 0.1) is 0 Å². The number of rotatable bonds is 4. The average molecular weight is 250 g/mol. The van der Waals surface area contributed by atoms with E-state index in [2.05, 4.69) is 25.8 Å². The van der Waals surface area contributed by atoms with Crippen LogP contribution in [-0.2, 0) is 0 Å². The van der Waals surface area contributed by atoms with Crippen molar-refractivity contribution in [1.29, 1.82) is 0 Å². The molecule has 0 radical (unpaired) electrons. The summed E-state index contributed by atoms with van der Waals surface area (Å²) in [4.78, 5) is 2.43. The minimum atomic E-state index is 0.410. The van der Waals surface area contributed by atoms with Crippen LogP contribution in [0.15, 0.2) is 0 Å². The standard InChI is InChI=1S/C16H30N2/c1-10(2)18(3)9-15(17)16-13-5-11-4-12(7-13)8-14(16)6-11/h10-16H,4-9,17H2,1-3H3. The molecule has 0 aromatic rings. The molecule has 2 nitrogen and oxygen atoms in total. The van der Waals surface area contributed by atoms with Crippen LogP contribution >= 0.6 is 0 Å². The molecule has 2 heteroatoms. The van der Waals surface area contributed by atoms with E-state index in [-0.39, 0.29) is 0 Å². The summed E-state index contributed by atoms with van der Waals surface area (Å²) in [6.45, 7) is 5.62. The first-order chi connectivity index (χ1) is 8.54. The molecular formula is C16H30N2. The van der Waals surface area contributed by atoms with Gasteiger partial charge in [-0.05, 0) is 82.6 Å². The summed E-state index contributed by atoms with van der Waals surface area (Å²) in [6.07, 6.45) is 7.53. The predicted octanol–water partition coefficient (Wildman–Crippen LogP) is 2.73. The number of likely N-dealkylation sites (N-methyl/N-ethyl adjacent to an activating group) is 1. The van der Waals surface area contributed by atoms with E-state index < -0.39 is 0 Å². The Kier molecular flexibility index (Phi) is 3.44. The monoisotopic (exact) mass is 250 g/mol. The second kappa shape index (κ2) is 4.79. The van der Waals surface area contributed by atoms with Gasteiger partial charge in [-0.1, -0.05) is 0 Å². The molecule has 0 aromatic carbocycles. The molecular weight excluding hydrogens is 220 g/mol. The molecule has 4 aliphatic carbocycles. The van der Waals surface area contributed by atoms with Gasteiger partial charge in [0.1, 0.15) is 0 Å². The van der Waals surface area contributed by atoms with Crippen LogP contribution in [0.4, 0.5) is 0 Å². The second-order valence-corrected chi connectivity index (χ2v) is 7.71. The first-order valence-corrected chi connectivity index (χ1v) is 8.00. The lowest BCUT2D eigenvalue weighted by atomic mass is 9.50. The summed E-state index contributed by atoms with van der Waals surface area (Å²) in [7, 11) is 2.22.